The lowest BCUT2D eigenvalue weighted by Crippen LogP contribution is -2.39. The zero-order valence-corrected chi connectivity index (χ0v) is 17.7. The number of hydrogen-bond donors (Lipinski definition) is 1. The molecule has 1 fully saturated rings. The minimum Gasteiger partial charge on any atom is -0.305 e. The number of carbonyl (C=O) groups excluding carboxylic acids is 1. The van der Waals surface area contributed by atoms with Gasteiger partial charge in [0.1, 0.15) is 5.56 Å². The Labute approximate surface area is 167 Å². The van der Waals surface area contributed by atoms with Gasteiger partial charge in [0.25, 0.3) is 5.84 Å². The molecular formula is C21H33N6O+. The third kappa shape index (κ3) is 3.53. The number of nitrogens with one attached hydrogen (secondary N) is 1. The van der Waals surface area contributed by atoms with Crippen LogP contribution >= 0.6 is 0 Å². The molecule has 0 saturated carbocycles. The fourth-order valence-corrected chi connectivity index (χ4v) is 4.36. The summed E-state index contributed by atoms with van der Waals surface area (Å²) in [5.41, 5.74) is 3.01. The van der Waals surface area contributed by atoms with Gasteiger partial charge >= 0.3 is 5.91 Å². The van der Waals surface area contributed by atoms with E-state index < -0.39 is 5.54 Å². The first-order valence-corrected chi connectivity index (χ1v) is 10.5. The maximum absolute atomic E-state index is 12.6. The SMILES string of the molecule is CC1=C[N+]2=C(NC(=O)C2(C)C)c2cnn(CCN3CCCN(C)CC3)c2CC1. The number of carbonyl (C=O) groups is 1. The third-order valence-electron chi connectivity index (χ3n) is 6.38. The molecule has 0 bridgehead atoms. The minimum atomic E-state index is -0.578. The number of fused-ring (bicyclic) bond motifs is 2. The highest BCUT2D eigenvalue weighted by Gasteiger charge is 2.48. The minimum absolute atomic E-state index is 0.0424. The Hall–Kier alpha value is -1.99. The number of allylic oxidation sites excluding steroid dienone is 1. The Morgan fingerprint density at radius 1 is 1.18 bits per heavy atom. The monoisotopic (exact) mass is 385 g/mol. The molecule has 0 unspecified atom stereocenters. The predicted octanol–water partition coefficient (Wildman–Crippen LogP) is 1.04. The Morgan fingerprint density at radius 3 is 2.82 bits per heavy atom. The van der Waals surface area contributed by atoms with Crippen LogP contribution in [0.25, 0.3) is 0 Å². The van der Waals surface area contributed by atoms with Crippen LogP contribution < -0.4 is 5.32 Å². The average molecular weight is 386 g/mol. The van der Waals surface area contributed by atoms with E-state index in [-0.39, 0.29) is 5.91 Å². The van der Waals surface area contributed by atoms with E-state index in [1.807, 2.05) is 20.0 Å². The number of aromatic nitrogens is 2. The fraction of sp³-hybridized carbons (Fsp3) is 0.667. The van der Waals surface area contributed by atoms with Crippen molar-refractivity contribution in [1.29, 1.82) is 0 Å². The van der Waals surface area contributed by atoms with Gasteiger partial charge in [0.15, 0.2) is 0 Å². The highest BCUT2D eigenvalue weighted by atomic mass is 16.2. The molecule has 7 heteroatoms. The van der Waals surface area contributed by atoms with Crippen LogP contribution in [0.2, 0.25) is 0 Å². The largest absolute Gasteiger partial charge is 0.355 e. The van der Waals surface area contributed by atoms with E-state index >= 15 is 0 Å². The molecule has 3 aliphatic heterocycles. The quantitative estimate of drug-likeness (QED) is 0.790. The van der Waals surface area contributed by atoms with Crippen LogP contribution in [0.1, 0.15) is 44.9 Å². The maximum Gasteiger partial charge on any atom is 0.355 e. The molecule has 3 aliphatic rings. The standard InChI is InChI=1S/C21H32N6O/c1-16-6-7-18-17(19-23-20(28)21(2,3)26(19)15-16)14-22-27(18)13-12-25-9-5-8-24(4)10-11-25/h14-15H,5-13H2,1-4H3/p+1. The van der Waals surface area contributed by atoms with Gasteiger partial charge in [-0.25, -0.2) is 14.7 Å². The molecule has 0 radical (unpaired) electrons. The topological polar surface area (TPSA) is 56.4 Å². The molecule has 1 saturated heterocycles. The Morgan fingerprint density at radius 2 is 2.00 bits per heavy atom. The second-order valence-electron chi connectivity index (χ2n) is 8.93. The van der Waals surface area contributed by atoms with Crippen molar-refractivity contribution in [3.05, 3.63) is 29.2 Å². The molecule has 0 atom stereocenters. The lowest BCUT2D eigenvalue weighted by atomic mass is 10.0. The van der Waals surface area contributed by atoms with Crippen molar-refractivity contribution in [3.8, 4) is 0 Å². The molecule has 1 amide bonds. The number of amidine groups is 1. The molecule has 1 aromatic rings. The summed E-state index contributed by atoms with van der Waals surface area (Å²) in [6.45, 7) is 12.6. The molecule has 1 N–H and O–H groups in total. The predicted molar refractivity (Wildman–Crippen MR) is 109 cm³/mol. The second kappa shape index (κ2) is 7.44. The van der Waals surface area contributed by atoms with Crippen LogP contribution in [0.5, 0.6) is 0 Å². The summed E-state index contributed by atoms with van der Waals surface area (Å²) in [5.74, 6) is 0.924. The summed E-state index contributed by atoms with van der Waals surface area (Å²) < 4.78 is 4.25. The summed E-state index contributed by atoms with van der Waals surface area (Å²) in [6.07, 6.45) is 7.23. The highest BCUT2D eigenvalue weighted by molar-refractivity contribution is 6.11. The molecule has 152 valence electrons. The fourth-order valence-electron chi connectivity index (χ4n) is 4.36. The molecule has 0 spiro atoms. The van der Waals surface area contributed by atoms with Gasteiger partial charge in [-0.3, -0.25) is 4.68 Å². The zero-order valence-electron chi connectivity index (χ0n) is 17.7. The molecule has 0 aliphatic carbocycles. The molecule has 0 aromatic carbocycles. The molecular weight excluding hydrogens is 352 g/mol. The number of nitrogens with zero attached hydrogens (tertiary/aromatic N) is 5. The number of likely N-dealkylation sites (N-methyl/N-ethyl adjacent to an activating group) is 1. The van der Waals surface area contributed by atoms with Gasteiger partial charge < -0.3 is 9.80 Å². The van der Waals surface area contributed by atoms with Gasteiger partial charge in [-0.15, -0.1) is 0 Å². The van der Waals surface area contributed by atoms with Crippen LogP contribution in [0.3, 0.4) is 0 Å². The van der Waals surface area contributed by atoms with Crippen molar-refractivity contribution in [2.24, 2.45) is 0 Å². The highest BCUT2D eigenvalue weighted by Crippen LogP contribution is 2.25. The number of amides is 1. The smallest absolute Gasteiger partial charge is 0.305 e. The van der Waals surface area contributed by atoms with Gasteiger partial charge in [-0.2, -0.15) is 5.10 Å². The van der Waals surface area contributed by atoms with Crippen molar-refractivity contribution in [3.63, 3.8) is 0 Å². The normalized spacial score (nSPS) is 23.4. The van der Waals surface area contributed by atoms with Gasteiger partial charge in [0, 0.05) is 19.6 Å². The molecule has 7 nitrogen and oxygen atoms in total. The van der Waals surface area contributed by atoms with Crippen molar-refractivity contribution in [1.82, 2.24) is 24.9 Å². The average Bonchev–Trinajstić information content (AvgIpc) is 3.03. The molecule has 1 aromatic heterocycles. The Bertz CT molecular complexity index is 834. The Kier molecular flexibility index (Phi) is 5.14. The summed E-state index contributed by atoms with van der Waals surface area (Å²) in [6, 6.07) is 0. The summed E-state index contributed by atoms with van der Waals surface area (Å²) in [4.78, 5) is 17.5. The number of hydrogen-bond acceptors (Lipinski definition) is 4. The molecule has 4 rings (SSSR count). The van der Waals surface area contributed by atoms with E-state index in [4.69, 9.17) is 5.10 Å². The van der Waals surface area contributed by atoms with Crippen LogP contribution in [0.4, 0.5) is 0 Å². The van der Waals surface area contributed by atoms with Crippen LogP contribution in [0.15, 0.2) is 18.0 Å². The van der Waals surface area contributed by atoms with E-state index in [9.17, 15) is 4.79 Å². The van der Waals surface area contributed by atoms with Crippen LogP contribution in [0, 0.1) is 0 Å². The van der Waals surface area contributed by atoms with Crippen molar-refractivity contribution < 1.29 is 9.37 Å². The lowest BCUT2D eigenvalue weighted by Gasteiger charge is -2.21. The van der Waals surface area contributed by atoms with Crippen molar-refractivity contribution in [2.45, 2.75) is 52.1 Å². The third-order valence-corrected chi connectivity index (χ3v) is 6.38. The molecule has 28 heavy (non-hydrogen) atoms. The maximum atomic E-state index is 12.6. The van der Waals surface area contributed by atoms with Crippen LogP contribution in [-0.2, 0) is 17.8 Å². The van der Waals surface area contributed by atoms with Gasteiger partial charge in [0.05, 0.1) is 24.6 Å². The Balaban J connectivity index is 1.58. The second-order valence-corrected chi connectivity index (χ2v) is 8.93. The summed E-state index contributed by atoms with van der Waals surface area (Å²) in [7, 11) is 2.20. The first-order chi connectivity index (χ1) is 13.4. The molecule has 4 heterocycles. The van der Waals surface area contributed by atoms with E-state index in [2.05, 4.69) is 44.5 Å². The van der Waals surface area contributed by atoms with E-state index in [0.29, 0.717) is 0 Å². The van der Waals surface area contributed by atoms with Gasteiger partial charge in [-0.05, 0) is 65.7 Å². The van der Waals surface area contributed by atoms with E-state index in [1.165, 1.54) is 24.2 Å². The lowest BCUT2D eigenvalue weighted by molar-refractivity contribution is -0.516. The first kappa shape index (κ1) is 19.3. The van der Waals surface area contributed by atoms with Gasteiger partial charge in [0.2, 0.25) is 5.54 Å². The first-order valence-electron chi connectivity index (χ1n) is 10.5. The van der Waals surface area contributed by atoms with Gasteiger partial charge in [-0.1, -0.05) is 0 Å². The summed E-state index contributed by atoms with van der Waals surface area (Å²) in [5, 5.41) is 7.83. The van der Waals surface area contributed by atoms with E-state index in [0.717, 1.165) is 57.0 Å². The van der Waals surface area contributed by atoms with Crippen LogP contribution in [-0.4, -0.2) is 81.2 Å². The van der Waals surface area contributed by atoms with Crippen molar-refractivity contribution >= 4 is 11.7 Å². The van der Waals surface area contributed by atoms with E-state index in [1.54, 1.807) is 0 Å². The zero-order chi connectivity index (χ0) is 19.9. The number of rotatable bonds is 3. The summed E-state index contributed by atoms with van der Waals surface area (Å²) >= 11 is 0. The van der Waals surface area contributed by atoms with Crippen molar-refractivity contribution in [2.75, 3.05) is 39.8 Å².